The number of carboxylic acids is 1. The summed E-state index contributed by atoms with van der Waals surface area (Å²) in [6.45, 7) is 1.74. The van der Waals surface area contributed by atoms with E-state index in [9.17, 15) is 4.79 Å². The molecule has 0 saturated heterocycles. The second kappa shape index (κ2) is 4.91. The molecule has 0 saturated carbocycles. The minimum Gasteiger partial charge on any atom is -0.480 e. The molecule has 1 aromatic rings. The molecule has 0 heterocycles. The van der Waals surface area contributed by atoms with Gasteiger partial charge < -0.3 is 5.11 Å². The maximum absolute atomic E-state index is 10.7. The van der Waals surface area contributed by atoms with Gasteiger partial charge in [0.1, 0.15) is 0 Å². The predicted molar refractivity (Wildman–Crippen MR) is 66.9 cm³/mol. The normalized spacial score (nSPS) is 15.8. The molecule has 1 aliphatic carbocycles. The van der Waals surface area contributed by atoms with Crippen LogP contribution >= 0.6 is 11.8 Å². The standard InChI is InChI=1S/C13H16O2S/c1-9(13(14)15)16-8-10-5-6-11-3-2-4-12(11)7-10/h5-7,9H,2-4,8H2,1H3,(H,14,15). The van der Waals surface area contributed by atoms with Crippen molar-refractivity contribution in [2.24, 2.45) is 0 Å². The van der Waals surface area contributed by atoms with Crippen molar-refractivity contribution in [3.8, 4) is 0 Å². The van der Waals surface area contributed by atoms with Crippen molar-refractivity contribution < 1.29 is 9.90 Å². The Labute approximate surface area is 100 Å². The maximum atomic E-state index is 10.7. The number of carbonyl (C=O) groups is 1. The van der Waals surface area contributed by atoms with Crippen LogP contribution in [-0.4, -0.2) is 16.3 Å². The molecule has 1 atom stereocenters. The number of benzene rings is 1. The second-order valence-electron chi connectivity index (χ2n) is 4.25. The first kappa shape index (κ1) is 11.5. The topological polar surface area (TPSA) is 37.3 Å². The van der Waals surface area contributed by atoms with Crippen molar-refractivity contribution in [3.63, 3.8) is 0 Å². The molecule has 86 valence electrons. The first-order valence-electron chi connectivity index (χ1n) is 5.62. The number of hydrogen-bond acceptors (Lipinski definition) is 2. The van der Waals surface area contributed by atoms with E-state index in [1.807, 2.05) is 0 Å². The molecule has 0 fully saturated rings. The van der Waals surface area contributed by atoms with Gasteiger partial charge in [-0.3, -0.25) is 4.79 Å². The Kier molecular flexibility index (Phi) is 3.54. The lowest BCUT2D eigenvalue weighted by atomic mass is 10.1. The van der Waals surface area contributed by atoms with Crippen LogP contribution in [0.25, 0.3) is 0 Å². The molecule has 1 N–H and O–H groups in total. The summed E-state index contributed by atoms with van der Waals surface area (Å²) in [6.07, 6.45) is 3.65. The molecule has 0 amide bonds. The Bertz CT molecular complexity index is 401. The monoisotopic (exact) mass is 236 g/mol. The number of rotatable bonds is 4. The van der Waals surface area contributed by atoms with Crippen molar-refractivity contribution in [2.45, 2.75) is 37.2 Å². The zero-order chi connectivity index (χ0) is 11.5. The second-order valence-corrected chi connectivity index (χ2v) is 5.58. The lowest BCUT2D eigenvalue weighted by Gasteiger charge is -2.07. The largest absolute Gasteiger partial charge is 0.480 e. The van der Waals surface area contributed by atoms with E-state index in [1.165, 1.54) is 47.7 Å². The van der Waals surface area contributed by atoms with Gasteiger partial charge in [-0.15, -0.1) is 11.8 Å². The number of aliphatic carboxylic acids is 1. The average Bonchev–Trinajstić information content (AvgIpc) is 2.72. The minimum absolute atomic E-state index is 0.326. The highest BCUT2D eigenvalue weighted by molar-refractivity contribution is 7.99. The molecule has 16 heavy (non-hydrogen) atoms. The van der Waals surface area contributed by atoms with Crippen LogP contribution in [0.15, 0.2) is 18.2 Å². The highest BCUT2D eigenvalue weighted by atomic mass is 32.2. The van der Waals surface area contributed by atoms with E-state index in [0.717, 1.165) is 5.75 Å². The average molecular weight is 236 g/mol. The fourth-order valence-electron chi connectivity index (χ4n) is 2.01. The van der Waals surface area contributed by atoms with E-state index >= 15 is 0 Å². The lowest BCUT2D eigenvalue weighted by molar-refractivity contribution is -0.136. The third-order valence-electron chi connectivity index (χ3n) is 3.01. The molecule has 2 nitrogen and oxygen atoms in total. The van der Waals surface area contributed by atoms with Gasteiger partial charge in [-0.1, -0.05) is 18.2 Å². The number of thioether (sulfide) groups is 1. The molecule has 0 bridgehead atoms. The van der Waals surface area contributed by atoms with Crippen LogP contribution in [0.2, 0.25) is 0 Å². The van der Waals surface area contributed by atoms with Crippen molar-refractivity contribution >= 4 is 17.7 Å². The van der Waals surface area contributed by atoms with Crippen LogP contribution < -0.4 is 0 Å². The van der Waals surface area contributed by atoms with Gasteiger partial charge in [0, 0.05) is 5.75 Å². The van der Waals surface area contributed by atoms with E-state index in [0.29, 0.717) is 0 Å². The van der Waals surface area contributed by atoms with Crippen LogP contribution in [-0.2, 0) is 23.4 Å². The number of aryl methyl sites for hydroxylation is 2. The van der Waals surface area contributed by atoms with Crippen LogP contribution in [0.5, 0.6) is 0 Å². The van der Waals surface area contributed by atoms with Crippen LogP contribution in [0.4, 0.5) is 0 Å². The van der Waals surface area contributed by atoms with Gasteiger partial charge in [-0.2, -0.15) is 0 Å². The molecular formula is C13H16O2S. The van der Waals surface area contributed by atoms with E-state index < -0.39 is 5.97 Å². The van der Waals surface area contributed by atoms with Crippen molar-refractivity contribution in [2.75, 3.05) is 0 Å². The Morgan fingerprint density at radius 2 is 2.19 bits per heavy atom. The van der Waals surface area contributed by atoms with Gasteiger partial charge in [0.2, 0.25) is 0 Å². The Morgan fingerprint density at radius 1 is 1.44 bits per heavy atom. The maximum Gasteiger partial charge on any atom is 0.316 e. The summed E-state index contributed by atoms with van der Waals surface area (Å²) in [5, 5.41) is 8.47. The van der Waals surface area contributed by atoms with Gasteiger partial charge >= 0.3 is 5.97 Å². The van der Waals surface area contributed by atoms with Crippen molar-refractivity contribution in [3.05, 3.63) is 34.9 Å². The third kappa shape index (κ3) is 2.59. The van der Waals surface area contributed by atoms with Crippen LogP contribution in [0.1, 0.15) is 30.0 Å². The van der Waals surface area contributed by atoms with Gasteiger partial charge in [0.05, 0.1) is 5.25 Å². The van der Waals surface area contributed by atoms with Crippen LogP contribution in [0.3, 0.4) is 0 Å². The van der Waals surface area contributed by atoms with E-state index in [1.54, 1.807) is 6.92 Å². The number of fused-ring (bicyclic) bond motifs is 1. The zero-order valence-corrected chi connectivity index (χ0v) is 10.2. The Morgan fingerprint density at radius 3 is 2.94 bits per heavy atom. The van der Waals surface area contributed by atoms with E-state index in [4.69, 9.17) is 5.11 Å². The summed E-state index contributed by atoms with van der Waals surface area (Å²) in [4.78, 5) is 10.7. The van der Waals surface area contributed by atoms with Gasteiger partial charge in [-0.05, 0) is 42.9 Å². The molecule has 1 aromatic carbocycles. The summed E-state index contributed by atoms with van der Waals surface area (Å²) in [5.74, 6) is 0.0620. The molecule has 0 aliphatic heterocycles. The molecule has 0 spiro atoms. The zero-order valence-electron chi connectivity index (χ0n) is 9.40. The smallest absolute Gasteiger partial charge is 0.316 e. The Hall–Kier alpha value is -0.960. The van der Waals surface area contributed by atoms with Crippen molar-refractivity contribution in [1.29, 1.82) is 0 Å². The molecule has 0 aromatic heterocycles. The Balaban J connectivity index is 1.98. The SMILES string of the molecule is CC(SCc1ccc2c(c1)CCC2)C(=O)O. The van der Waals surface area contributed by atoms with Crippen molar-refractivity contribution in [1.82, 2.24) is 0 Å². The molecule has 2 rings (SSSR count). The molecule has 0 radical (unpaired) electrons. The molecule has 1 unspecified atom stereocenters. The number of hydrogen-bond donors (Lipinski definition) is 1. The summed E-state index contributed by atoms with van der Waals surface area (Å²) < 4.78 is 0. The number of carboxylic acid groups (broad SMARTS) is 1. The summed E-state index contributed by atoms with van der Waals surface area (Å²) in [6, 6.07) is 6.57. The highest BCUT2D eigenvalue weighted by Gasteiger charge is 2.13. The first-order chi connectivity index (χ1) is 7.66. The van der Waals surface area contributed by atoms with E-state index in [-0.39, 0.29) is 5.25 Å². The first-order valence-corrected chi connectivity index (χ1v) is 6.67. The molecular weight excluding hydrogens is 220 g/mol. The predicted octanol–water partition coefficient (Wildman–Crippen LogP) is 2.88. The molecule has 1 aliphatic rings. The van der Waals surface area contributed by atoms with E-state index in [2.05, 4.69) is 18.2 Å². The summed E-state index contributed by atoms with van der Waals surface area (Å²) >= 11 is 1.48. The van der Waals surface area contributed by atoms with Gasteiger partial charge in [-0.25, -0.2) is 0 Å². The summed E-state index contributed by atoms with van der Waals surface area (Å²) in [5.41, 5.74) is 4.18. The fraction of sp³-hybridized carbons (Fsp3) is 0.462. The fourth-order valence-corrected chi connectivity index (χ4v) is 2.77. The summed E-state index contributed by atoms with van der Waals surface area (Å²) in [7, 11) is 0. The molecule has 3 heteroatoms. The third-order valence-corrected chi connectivity index (χ3v) is 4.21. The van der Waals surface area contributed by atoms with Gasteiger partial charge in [0.25, 0.3) is 0 Å². The lowest BCUT2D eigenvalue weighted by Crippen LogP contribution is -2.11. The quantitative estimate of drug-likeness (QED) is 0.873. The van der Waals surface area contributed by atoms with Crippen LogP contribution in [0, 0.1) is 0 Å². The highest BCUT2D eigenvalue weighted by Crippen LogP contribution is 2.25. The minimum atomic E-state index is -0.730. The van der Waals surface area contributed by atoms with Gasteiger partial charge in [0.15, 0.2) is 0 Å².